The van der Waals surface area contributed by atoms with Crippen LogP contribution in [0.2, 0.25) is 0 Å². The number of methoxy groups -OCH3 is 1. The Bertz CT molecular complexity index is 612. The molecule has 0 aliphatic rings. The van der Waals surface area contributed by atoms with Crippen LogP contribution in [-0.2, 0) is 4.74 Å². The standard InChI is InChI=1S/C14H18N4O3/c1-21-9-12(19)8-16-14(20)13-5-6-18(17-13)11-4-2-3-10(15)7-11/h2-7,12,19H,8-9,15H2,1H3,(H,16,20). The van der Waals surface area contributed by atoms with Gasteiger partial charge in [0, 0.05) is 25.5 Å². The number of benzene rings is 1. The highest BCUT2D eigenvalue weighted by atomic mass is 16.5. The van der Waals surface area contributed by atoms with Crippen LogP contribution in [-0.4, -0.2) is 47.2 Å². The summed E-state index contributed by atoms with van der Waals surface area (Å²) in [6, 6.07) is 8.79. The fourth-order valence-corrected chi connectivity index (χ4v) is 1.81. The number of ether oxygens (including phenoxy) is 1. The average Bonchev–Trinajstić information content (AvgIpc) is 2.95. The Morgan fingerprint density at radius 1 is 1.52 bits per heavy atom. The van der Waals surface area contributed by atoms with Crippen molar-refractivity contribution in [3.63, 3.8) is 0 Å². The van der Waals surface area contributed by atoms with E-state index in [0.717, 1.165) is 5.69 Å². The molecular weight excluding hydrogens is 272 g/mol. The average molecular weight is 290 g/mol. The first-order valence-electron chi connectivity index (χ1n) is 6.47. The summed E-state index contributed by atoms with van der Waals surface area (Å²) in [4.78, 5) is 11.9. The summed E-state index contributed by atoms with van der Waals surface area (Å²) in [7, 11) is 1.48. The zero-order chi connectivity index (χ0) is 15.2. The number of aliphatic hydroxyl groups is 1. The summed E-state index contributed by atoms with van der Waals surface area (Å²) in [6.45, 7) is 0.274. The normalized spacial score (nSPS) is 12.1. The summed E-state index contributed by atoms with van der Waals surface area (Å²) in [5.41, 5.74) is 7.37. The van der Waals surface area contributed by atoms with E-state index in [1.807, 2.05) is 12.1 Å². The lowest BCUT2D eigenvalue weighted by Crippen LogP contribution is -2.34. The van der Waals surface area contributed by atoms with Gasteiger partial charge in [-0.15, -0.1) is 0 Å². The smallest absolute Gasteiger partial charge is 0.271 e. The number of hydrogen-bond donors (Lipinski definition) is 3. The van der Waals surface area contributed by atoms with Gasteiger partial charge in [0.05, 0.1) is 18.4 Å². The van der Waals surface area contributed by atoms with E-state index in [1.54, 1.807) is 29.1 Å². The van der Waals surface area contributed by atoms with Crippen molar-refractivity contribution in [1.29, 1.82) is 0 Å². The first kappa shape index (κ1) is 15.0. The van der Waals surface area contributed by atoms with Crippen LogP contribution >= 0.6 is 0 Å². The topological polar surface area (TPSA) is 102 Å². The first-order valence-corrected chi connectivity index (χ1v) is 6.47. The maximum absolute atomic E-state index is 11.9. The molecule has 0 spiro atoms. The van der Waals surface area contributed by atoms with Crippen LogP contribution in [0.25, 0.3) is 5.69 Å². The minimum Gasteiger partial charge on any atom is -0.399 e. The maximum atomic E-state index is 11.9. The van der Waals surface area contributed by atoms with E-state index >= 15 is 0 Å². The molecule has 1 aromatic heterocycles. The summed E-state index contributed by atoms with van der Waals surface area (Å²) in [5.74, 6) is -0.354. The molecule has 0 radical (unpaired) electrons. The van der Waals surface area contributed by atoms with Crippen LogP contribution in [0.5, 0.6) is 0 Å². The SMILES string of the molecule is COCC(O)CNC(=O)c1ccn(-c2cccc(N)c2)n1. The molecule has 1 heterocycles. The molecule has 0 bridgehead atoms. The predicted molar refractivity (Wildman–Crippen MR) is 78.2 cm³/mol. The van der Waals surface area contributed by atoms with E-state index in [4.69, 9.17) is 10.5 Å². The van der Waals surface area contributed by atoms with E-state index in [1.165, 1.54) is 7.11 Å². The van der Waals surface area contributed by atoms with Crippen molar-refractivity contribution >= 4 is 11.6 Å². The molecule has 1 aromatic carbocycles. The van der Waals surface area contributed by atoms with Gasteiger partial charge in [-0.25, -0.2) is 4.68 Å². The molecule has 2 aromatic rings. The van der Waals surface area contributed by atoms with Gasteiger partial charge in [-0.1, -0.05) is 6.07 Å². The number of nitrogens with two attached hydrogens (primary N) is 1. The van der Waals surface area contributed by atoms with Gasteiger partial charge < -0.3 is 20.9 Å². The van der Waals surface area contributed by atoms with Gasteiger partial charge >= 0.3 is 0 Å². The van der Waals surface area contributed by atoms with E-state index in [9.17, 15) is 9.90 Å². The summed E-state index contributed by atoms with van der Waals surface area (Å²) in [5, 5.41) is 16.3. The van der Waals surface area contributed by atoms with Crippen LogP contribution in [0.3, 0.4) is 0 Å². The molecule has 7 heteroatoms. The Labute approximate surface area is 122 Å². The molecule has 1 atom stereocenters. The summed E-state index contributed by atoms with van der Waals surface area (Å²) in [6.07, 6.45) is 0.935. The highest BCUT2D eigenvalue weighted by Crippen LogP contribution is 2.11. The fourth-order valence-electron chi connectivity index (χ4n) is 1.81. The lowest BCUT2D eigenvalue weighted by Gasteiger charge is -2.09. The Balaban J connectivity index is 2.01. The third kappa shape index (κ3) is 4.04. The molecule has 2 rings (SSSR count). The number of rotatable bonds is 6. The third-order valence-electron chi connectivity index (χ3n) is 2.81. The molecule has 0 aliphatic heterocycles. The predicted octanol–water partition coefficient (Wildman–Crippen LogP) is 0.192. The molecule has 4 N–H and O–H groups in total. The summed E-state index contributed by atoms with van der Waals surface area (Å²) >= 11 is 0. The highest BCUT2D eigenvalue weighted by Gasteiger charge is 2.12. The van der Waals surface area contributed by atoms with Crippen LogP contribution in [0.4, 0.5) is 5.69 Å². The molecule has 0 fully saturated rings. The molecule has 1 amide bonds. The van der Waals surface area contributed by atoms with E-state index < -0.39 is 6.10 Å². The molecular formula is C14H18N4O3. The van der Waals surface area contributed by atoms with Gasteiger partial charge in [-0.05, 0) is 24.3 Å². The number of nitrogen functional groups attached to an aromatic ring is 1. The summed E-state index contributed by atoms with van der Waals surface area (Å²) < 4.78 is 6.35. The van der Waals surface area contributed by atoms with Crippen molar-refractivity contribution in [2.24, 2.45) is 0 Å². The van der Waals surface area contributed by atoms with Crippen LogP contribution in [0.1, 0.15) is 10.5 Å². The number of carbonyl (C=O) groups excluding carboxylic acids is 1. The minimum absolute atomic E-state index is 0.109. The molecule has 21 heavy (non-hydrogen) atoms. The number of nitrogens with zero attached hydrogens (tertiary/aromatic N) is 2. The highest BCUT2D eigenvalue weighted by molar-refractivity contribution is 5.92. The Kier molecular flexibility index (Phi) is 4.91. The molecule has 0 saturated carbocycles. The number of aromatic nitrogens is 2. The van der Waals surface area contributed by atoms with Crippen molar-refractivity contribution in [1.82, 2.24) is 15.1 Å². The van der Waals surface area contributed by atoms with Gasteiger partial charge in [-0.3, -0.25) is 4.79 Å². The fraction of sp³-hybridized carbons (Fsp3) is 0.286. The quantitative estimate of drug-likeness (QED) is 0.659. The Hall–Kier alpha value is -2.38. The monoisotopic (exact) mass is 290 g/mol. The van der Waals surface area contributed by atoms with Gasteiger partial charge in [0.25, 0.3) is 5.91 Å². The number of carbonyl (C=O) groups is 1. The zero-order valence-electron chi connectivity index (χ0n) is 11.7. The van der Waals surface area contributed by atoms with Crippen molar-refractivity contribution < 1.29 is 14.6 Å². The molecule has 0 aliphatic carbocycles. The molecule has 112 valence electrons. The lowest BCUT2D eigenvalue weighted by atomic mass is 10.3. The first-order chi connectivity index (χ1) is 10.1. The number of nitrogens with one attached hydrogen (secondary N) is 1. The van der Waals surface area contributed by atoms with Gasteiger partial charge in [-0.2, -0.15) is 5.10 Å². The van der Waals surface area contributed by atoms with Crippen molar-refractivity contribution in [2.75, 3.05) is 26.0 Å². The second-order valence-corrected chi connectivity index (χ2v) is 4.56. The number of amides is 1. The van der Waals surface area contributed by atoms with Crippen LogP contribution < -0.4 is 11.1 Å². The maximum Gasteiger partial charge on any atom is 0.271 e. The molecule has 1 unspecified atom stereocenters. The van der Waals surface area contributed by atoms with Gasteiger partial charge in [0.2, 0.25) is 0 Å². The Morgan fingerprint density at radius 2 is 2.33 bits per heavy atom. The van der Waals surface area contributed by atoms with E-state index in [2.05, 4.69) is 10.4 Å². The van der Waals surface area contributed by atoms with Crippen LogP contribution in [0, 0.1) is 0 Å². The minimum atomic E-state index is -0.741. The van der Waals surface area contributed by atoms with Crippen molar-refractivity contribution in [2.45, 2.75) is 6.10 Å². The number of aliphatic hydroxyl groups excluding tert-OH is 1. The number of hydrogen-bond acceptors (Lipinski definition) is 5. The van der Waals surface area contributed by atoms with Gasteiger partial charge in [0.15, 0.2) is 5.69 Å². The largest absolute Gasteiger partial charge is 0.399 e. The molecule has 7 nitrogen and oxygen atoms in total. The zero-order valence-corrected chi connectivity index (χ0v) is 11.7. The van der Waals surface area contributed by atoms with Crippen molar-refractivity contribution in [3.8, 4) is 5.69 Å². The van der Waals surface area contributed by atoms with E-state index in [0.29, 0.717) is 5.69 Å². The Morgan fingerprint density at radius 3 is 3.05 bits per heavy atom. The van der Waals surface area contributed by atoms with Crippen molar-refractivity contribution in [3.05, 3.63) is 42.2 Å². The lowest BCUT2D eigenvalue weighted by molar-refractivity contribution is 0.0608. The van der Waals surface area contributed by atoms with Gasteiger partial charge in [0.1, 0.15) is 0 Å². The second-order valence-electron chi connectivity index (χ2n) is 4.56. The van der Waals surface area contributed by atoms with E-state index in [-0.39, 0.29) is 24.8 Å². The third-order valence-corrected chi connectivity index (χ3v) is 2.81. The van der Waals surface area contributed by atoms with Crippen LogP contribution in [0.15, 0.2) is 36.5 Å². The second kappa shape index (κ2) is 6.87. The number of anilines is 1. The molecule has 0 saturated heterocycles.